The van der Waals surface area contributed by atoms with Gasteiger partial charge in [-0.3, -0.25) is 4.79 Å². The van der Waals surface area contributed by atoms with E-state index in [4.69, 9.17) is 5.73 Å². The number of nitrogens with one attached hydrogen (secondary N) is 1. The third-order valence-corrected chi connectivity index (χ3v) is 4.58. The number of hydrogen-bond donors (Lipinski definition) is 2. The van der Waals surface area contributed by atoms with Gasteiger partial charge in [0, 0.05) is 10.7 Å². The average molecular weight is 372 g/mol. The van der Waals surface area contributed by atoms with Gasteiger partial charge in [0.1, 0.15) is 5.25 Å². The fraction of sp³-hybridized carbons (Fsp3) is 0.364. The van der Waals surface area contributed by atoms with Crippen molar-refractivity contribution >= 4 is 55.5 Å². The van der Waals surface area contributed by atoms with Crippen molar-refractivity contribution in [3.8, 4) is 0 Å². The molecule has 0 saturated carbocycles. The Morgan fingerprint density at radius 3 is 2.42 bits per heavy atom. The van der Waals surface area contributed by atoms with Crippen LogP contribution in [0.4, 0.5) is 11.4 Å². The van der Waals surface area contributed by atoms with Crippen LogP contribution in [0.1, 0.15) is 12.5 Å². The highest BCUT2D eigenvalue weighted by molar-refractivity contribution is 9.10. The Balaban J connectivity index is 0.00000324. The molecule has 0 aliphatic rings. The summed E-state index contributed by atoms with van der Waals surface area (Å²) in [4.78, 5) is 11.8. The van der Waals surface area contributed by atoms with Gasteiger partial charge in [-0.25, -0.2) is 8.42 Å². The molecule has 0 saturated heterocycles. The number of rotatable bonds is 3. The summed E-state index contributed by atoms with van der Waals surface area (Å²) in [5.74, 6) is -0.596. The normalized spacial score (nSPS) is 12.4. The Morgan fingerprint density at radius 1 is 1.42 bits per heavy atom. The van der Waals surface area contributed by atoms with Crippen molar-refractivity contribution in [3.05, 3.63) is 22.2 Å². The lowest BCUT2D eigenvalue weighted by Crippen LogP contribution is -2.32. The first kappa shape index (κ1) is 18.2. The van der Waals surface area contributed by atoms with Crippen LogP contribution < -0.4 is 11.1 Å². The van der Waals surface area contributed by atoms with Crippen molar-refractivity contribution in [2.75, 3.05) is 17.3 Å². The van der Waals surface area contributed by atoms with E-state index in [2.05, 4.69) is 21.2 Å². The van der Waals surface area contributed by atoms with E-state index < -0.39 is 21.0 Å². The first-order valence-electron chi connectivity index (χ1n) is 5.18. The highest BCUT2D eigenvalue weighted by Gasteiger charge is 2.24. The minimum absolute atomic E-state index is 0. The molecular formula is C11H16BrClN2O3S. The summed E-state index contributed by atoms with van der Waals surface area (Å²) in [6, 6.07) is 3.44. The standard InChI is InChI=1S/C11H15BrN2O3S.ClH/c1-6-4-8(12)5-9(10(6)13)14-11(15)7(2)18(3,16)17;/h4-5,7H,13H2,1-3H3,(H,14,15);1H. The molecule has 1 aromatic rings. The zero-order chi connectivity index (χ0) is 14.1. The van der Waals surface area contributed by atoms with Crippen molar-refractivity contribution in [2.24, 2.45) is 0 Å². The summed E-state index contributed by atoms with van der Waals surface area (Å²) in [6.45, 7) is 3.14. The number of carbonyl (C=O) groups excluding carboxylic acids is 1. The SMILES string of the molecule is Cc1cc(Br)cc(NC(=O)C(C)S(C)(=O)=O)c1N.Cl. The van der Waals surface area contributed by atoms with Gasteiger partial charge in [-0.2, -0.15) is 0 Å². The molecule has 1 amide bonds. The number of nitrogens with two attached hydrogens (primary N) is 1. The van der Waals surface area contributed by atoms with E-state index in [-0.39, 0.29) is 12.4 Å². The zero-order valence-corrected chi connectivity index (χ0v) is 13.9. The molecule has 0 fully saturated rings. The smallest absolute Gasteiger partial charge is 0.242 e. The summed E-state index contributed by atoms with van der Waals surface area (Å²) < 4.78 is 23.3. The maximum Gasteiger partial charge on any atom is 0.242 e. The van der Waals surface area contributed by atoms with Crippen LogP contribution in [-0.4, -0.2) is 25.8 Å². The molecule has 0 aromatic heterocycles. The summed E-state index contributed by atoms with van der Waals surface area (Å²) in [6.07, 6.45) is 1.02. The number of anilines is 2. The van der Waals surface area contributed by atoms with E-state index in [0.717, 1.165) is 16.3 Å². The van der Waals surface area contributed by atoms with Crippen LogP contribution in [0.15, 0.2) is 16.6 Å². The van der Waals surface area contributed by atoms with Crippen LogP contribution in [-0.2, 0) is 14.6 Å². The van der Waals surface area contributed by atoms with Gasteiger partial charge in [-0.15, -0.1) is 12.4 Å². The lowest BCUT2D eigenvalue weighted by molar-refractivity contribution is -0.115. The predicted molar refractivity (Wildman–Crippen MR) is 83.5 cm³/mol. The van der Waals surface area contributed by atoms with Gasteiger partial charge in [0.05, 0.1) is 11.4 Å². The monoisotopic (exact) mass is 370 g/mol. The minimum atomic E-state index is -3.42. The molecular weight excluding hydrogens is 356 g/mol. The van der Waals surface area contributed by atoms with Gasteiger partial charge >= 0.3 is 0 Å². The number of sulfone groups is 1. The second kappa shape index (κ2) is 6.58. The average Bonchev–Trinajstić information content (AvgIpc) is 2.22. The number of amides is 1. The van der Waals surface area contributed by atoms with E-state index in [1.165, 1.54) is 6.92 Å². The molecule has 1 atom stereocenters. The van der Waals surface area contributed by atoms with Crippen molar-refractivity contribution in [3.63, 3.8) is 0 Å². The summed E-state index contributed by atoms with van der Waals surface area (Å²) in [5.41, 5.74) is 7.45. The second-order valence-electron chi connectivity index (χ2n) is 4.14. The first-order chi connectivity index (χ1) is 8.12. The summed E-state index contributed by atoms with van der Waals surface area (Å²) in [5, 5.41) is 1.41. The van der Waals surface area contributed by atoms with E-state index in [0.29, 0.717) is 11.4 Å². The van der Waals surface area contributed by atoms with Crippen LogP contribution in [0.2, 0.25) is 0 Å². The fourth-order valence-electron chi connectivity index (χ4n) is 1.29. The van der Waals surface area contributed by atoms with E-state index in [9.17, 15) is 13.2 Å². The zero-order valence-electron chi connectivity index (χ0n) is 10.7. The topological polar surface area (TPSA) is 89.3 Å². The highest BCUT2D eigenvalue weighted by atomic mass is 79.9. The number of aryl methyl sites for hydroxylation is 1. The highest BCUT2D eigenvalue weighted by Crippen LogP contribution is 2.27. The number of carbonyl (C=O) groups is 1. The van der Waals surface area contributed by atoms with Gasteiger partial charge in [-0.1, -0.05) is 15.9 Å². The largest absolute Gasteiger partial charge is 0.397 e. The molecule has 0 aliphatic heterocycles. The van der Waals surface area contributed by atoms with Gasteiger partial charge in [0.15, 0.2) is 9.84 Å². The van der Waals surface area contributed by atoms with Crippen molar-refractivity contribution in [1.29, 1.82) is 0 Å². The number of hydrogen-bond acceptors (Lipinski definition) is 4. The molecule has 0 aliphatic carbocycles. The van der Waals surface area contributed by atoms with Crippen molar-refractivity contribution in [2.45, 2.75) is 19.1 Å². The Bertz CT molecular complexity index is 590. The third-order valence-electron chi connectivity index (χ3n) is 2.62. The van der Waals surface area contributed by atoms with Crippen LogP contribution >= 0.6 is 28.3 Å². The third kappa shape index (κ3) is 4.67. The molecule has 8 heteroatoms. The minimum Gasteiger partial charge on any atom is -0.397 e. The Labute approximate surface area is 127 Å². The predicted octanol–water partition coefficient (Wildman–Crippen LogP) is 2.13. The second-order valence-corrected chi connectivity index (χ2v) is 7.43. The van der Waals surface area contributed by atoms with E-state index in [1.807, 2.05) is 6.07 Å². The maximum atomic E-state index is 11.8. The fourth-order valence-corrected chi connectivity index (χ4v) is 2.31. The number of halogens is 2. The molecule has 1 unspecified atom stereocenters. The molecule has 1 rings (SSSR count). The Morgan fingerprint density at radius 2 is 1.95 bits per heavy atom. The van der Waals surface area contributed by atoms with Crippen LogP contribution in [0.25, 0.3) is 0 Å². The Hall–Kier alpha value is -0.790. The molecule has 0 radical (unpaired) electrons. The van der Waals surface area contributed by atoms with Gasteiger partial charge < -0.3 is 11.1 Å². The van der Waals surface area contributed by atoms with Crippen LogP contribution in [0.3, 0.4) is 0 Å². The molecule has 5 nitrogen and oxygen atoms in total. The van der Waals surface area contributed by atoms with Gasteiger partial charge in [0.25, 0.3) is 0 Å². The van der Waals surface area contributed by atoms with Crippen LogP contribution in [0.5, 0.6) is 0 Å². The molecule has 0 bridgehead atoms. The van der Waals surface area contributed by atoms with Gasteiger partial charge in [0.2, 0.25) is 5.91 Å². The van der Waals surface area contributed by atoms with Crippen LogP contribution in [0, 0.1) is 6.92 Å². The molecule has 108 valence electrons. The summed E-state index contributed by atoms with van der Waals surface area (Å²) >= 11 is 3.29. The molecule has 0 heterocycles. The lowest BCUT2D eigenvalue weighted by Gasteiger charge is -2.14. The maximum absolute atomic E-state index is 11.8. The lowest BCUT2D eigenvalue weighted by atomic mass is 10.1. The first-order valence-corrected chi connectivity index (χ1v) is 7.93. The van der Waals surface area contributed by atoms with Crippen molar-refractivity contribution in [1.82, 2.24) is 0 Å². The molecule has 19 heavy (non-hydrogen) atoms. The number of benzene rings is 1. The van der Waals surface area contributed by atoms with Crippen molar-refractivity contribution < 1.29 is 13.2 Å². The molecule has 0 spiro atoms. The van der Waals surface area contributed by atoms with Gasteiger partial charge in [-0.05, 0) is 31.5 Å². The quantitative estimate of drug-likeness (QED) is 0.797. The summed E-state index contributed by atoms with van der Waals surface area (Å²) in [7, 11) is -3.42. The van der Waals surface area contributed by atoms with E-state index in [1.54, 1.807) is 13.0 Å². The Kier molecular flexibility index (Phi) is 6.31. The number of nitrogen functional groups attached to an aromatic ring is 1. The molecule has 3 N–H and O–H groups in total. The van der Waals surface area contributed by atoms with E-state index >= 15 is 0 Å². The molecule has 1 aromatic carbocycles.